The van der Waals surface area contributed by atoms with Crippen LogP contribution in [0.25, 0.3) is 0 Å². The van der Waals surface area contributed by atoms with Crippen molar-refractivity contribution in [2.24, 2.45) is 16.7 Å². The van der Waals surface area contributed by atoms with E-state index in [1.807, 2.05) is 0 Å². The van der Waals surface area contributed by atoms with Crippen molar-refractivity contribution < 1.29 is 4.79 Å². The second-order valence-corrected chi connectivity index (χ2v) is 5.94. The summed E-state index contributed by atoms with van der Waals surface area (Å²) < 4.78 is 0.983. The Hall–Kier alpha value is 0.200. The number of hydrogen-bond acceptors (Lipinski definition) is 1. The van der Waals surface area contributed by atoms with Gasteiger partial charge in [0.15, 0.2) is 0 Å². The first-order chi connectivity index (χ1) is 5.85. The monoisotopic (exact) mass is 295 g/mol. The van der Waals surface area contributed by atoms with Crippen molar-refractivity contribution in [3.63, 3.8) is 0 Å². The number of carbonyl (C=O) groups excluding carboxylic acids is 1. The number of carbonyl (C=O) groups is 1. The predicted molar refractivity (Wildman–Crippen MR) is 62.9 cm³/mol. The summed E-state index contributed by atoms with van der Waals surface area (Å²) in [7, 11) is 0. The standard InChI is InChI=1S/C10H18INO/c1-9(2)7(10(9,3)4)8(13)12-6-5-11/h7H,5-6H2,1-4H3,(H,12,13). The van der Waals surface area contributed by atoms with Gasteiger partial charge in [0.2, 0.25) is 5.91 Å². The average Bonchev–Trinajstić information content (AvgIpc) is 2.39. The van der Waals surface area contributed by atoms with Crippen LogP contribution in [0.5, 0.6) is 0 Å². The van der Waals surface area contributed by atoms with Crippen LogP contribution in [-0.4, -0.2) is 16.9 Å². The fraction of sp³-hybridized carbons (Fsp3) is 0.900. The van der Waals surface area contributed by atoms with Gasteiger partial charge in [-0.3, -0.25) is 4.79 Å². The van der Waals surface area contributed by atoms with Gasteiger partial charge in [-0.25, -0.2) is 0 Å². The minimum atomic E-state index is 0.169. The normalized spacial score (nSPS) is 24.1. The van der Waals surface area contributed by atoms with Gasteiger partial charge in [-0.1, -0.05) is 50.3 Å². The van der Waals surface area contributed by atoms with Crippen LogP contribution in [0.15, 0.2) is 0 Å². The second kappa shape index (κ2) is 3.41. The van der Waals surface area contributed by atoms with Gasteiger partial charge in [0.25, 0.3) is 0 Å². The Kier molecular flexibility index (Phi) is 2.95. The minimum absolute atomic E-state index is 0.169. The summed E-state index contributed by atoms with van der Waals surface area (Å²) in [5.74, 6) is 0.426. The van der Waals surface area contributed by atoms with Gasteiger partial charge in [-0.15, -0.1) is 0 Å². The van der Waals surface area contributed by atoms with Crippen molar-refractivity contribution >= 4 is 28.5 Å². The molecule has 0 atom stereocenters. The first kappa shape index (κ1) is 11.3. The number of nitrogens with one attached hydrogen (secondary N) is 1. The third-order valence-electron chi connectivity index (χ3n) is 3.68. The van der Waals surface area contributed by atoms with Crippen molar-refractivity contribution in [1.82, 2.24) is 5.32 Å². The van der Waals surface area contributed by atoms with Gasteiger partial charge in [0.1, 0.15) is 0 Å². The molecule has 0 aromatic heterocycles. The van der Waals surface area contributed by atoms with Gasteiger partial charge in [0.05, 0.1) is 0 Å². The smallest absolute Gasteiger partial charge is 0.224 e. The van der Waals surface area contributed by atoms with Gasteiger partial charge in [-0.05, 0) is 10.8 Å². The number of rotatable bonds is 3. The fourth-order valence-corrected chi connectivity index (χ4v) is 2.39. The molecule has 1 rings (SSSR count). The summed E-state index contributed by atoms with van der Waals surface area (Å²) in [4.78, 5) is 11.7. The van der Waals surface area contributed by atoms with E-state index < -0.39 is 0 Å². The quantitative estimate of drug-likeness (QED) is 0.628. The molecule has 2 nitrogen and oxygen atoms in total. The van der Waals surface area contributed by atoms with E-state index >= 15 is 0 Å². The van der Waals surface area contributed by atoms with E-state index in [9.17, 15) is 4.79 Å². The van der Waals surface area contributed by atoms with Crippen LogP contribution in [-0.2, 0) is 4.79 Å². The molecule has 1 amide bonds. The van der Waals surface area contributed by atoms with E-state index in [-0.39, 0.29) is 22.7 Å². The molecule has 3 heteroatoms. The highest BCUT2D eigenvalue weighted by atomic mass is 127. The van der Waals surface area contributed by atoms with Crippen molar-refractivity contribution in [3.05, 3.63) is 0 Å². The molecule has 0 saturated heterocycles. The fourth-order valence-electron chi connectivity index (χ4n) is 2.12. The molecule has 1 N–H and O–H groups in total. The molecule has 0 spiro atoms. The van der Waals surface area contributed by atoms with E-state index in [0.29, 0.717) is 0 Å². The highest BCUT2D eigenvalue weighted by Gasteiger charge is 2.68. The first-order valence-corrected chi connectivity index (χ1v) is 6.22. The van der Waals surface area contributed by atoms with Gasteiger partial charge in [0, 0.05) is 16.9 Å². The zero-order chi connectivity index (χ0) is 10.3. The minimum Gasteiger partial charge on any atom is -0.355 e. The molecule has 13 heavy (non-hydrogen) atoms. The molecule has 1 aliphatic rings. The van der Waals surface area contributed by atoms with E-state index in [4.69, 9.17) is 0 Å². The second-order valence-electron chi connectivity index (χ2n) is 4.86. The number of alkyl halides is 1. The van der Waals surface area contributed by atoms with Crippen LogP contribution in [0.2, 0.25) is 0 Å². The van der Waals surface area contributed by atoms with Gasteiger partial charge in [-0.2, -0.15) is 0 Å². The average molecular weight is 295 g/mol. The van der Waals surface area contributed by atoms with E-state index in [1.54, 1.807) is 0 Å². The lowest BCUT2D eigenvalue weighted by Gasteiger charge is -2.03. The Morgan fingerprint density at radius 3 is 2.08 bits per heavy atom. The van der Waals surface area contributed by atoms with Crippen LogP contribution >= 0.6 is 22.6 Å². The maximum atomic E-state index is 11.7. The summed E-state index contributed by atoms with van der Waals surface area (Å²) >= 11 is 2.27. The van der Waals surface area contributed by atoms with Crippen LogP contribution in [0.3, 0.4) is 0 Å². The molecule has 0 radical (unpaired) electrons. The van der Waals surface area contributed by atoms with Crippen LogP contribution in [0.4, 0.5) is 0 Å². The molecular weight excluding hydrogens is 277 g/mol. The number of amides is 1. The highest BCUT2D eigenvalue weighted by Crippen LogP contribution is 2.68. The van der Waals surface area contributed by atoms with Gasteiger partial charge >= 0.3 is 0 Å². The van der Waals surface area contributed by atoms with Crippen molar-refractivity contribution in [2.75, 3.05) is 11.0 Å². The SMILES string of the molecule is CC1(C)C(C(=O)NCCI)C1(C)C. The summed E-state index contributed by atoms with van der Waals surface area (Å²) in [6.45, 7) is 9.47. The maximum absolute atomic E-state index is 11.7. The van der Waals surface area contributed by atoms with Crippen LogP contribution in [0, 0.1) is 16.7 Å². The predicted octanol–water partition coefficient (Wildman–Crippen LogP) is 2.22. The molecule has 1 aliphatic carbocycles. The molecule has 0 unspecified atom stereocenters. The van der Waals surface area contributed by atoms with Crippen molar-refractivity contribution in [2.45, 2.75) is 27.7 Å². The molecule has 76 valence electrons. The number of hydrogen-bond donors (Lipinski definition) is 1. The van der Waals surface area contributed by atoms with Crippen molar-refractivity contribution in [1.29, 1.82) is 0 Å². The van der Waals surface area contributed by atoms with Crippen LogP contribution in [0.1, 0.15) is 27.7 Å². The Bertz CT molecular complexity index is 209. The molecule has 0 aliphatic heterocycles. The Morgan fingerprint density at radius 2 is 1.77 bits per heavy atom. The number of halogens is 1. The Morgan fingerprint density at radius 1 is 1.31 bits per heavy atom. The largest absolute Gasteiger partial charge is 0.355 e. The van der Waals surface area contributed by atoms with E-state index in [2.05, 4.69) is 55.6 Å². The van der Waals surface area contributed by atoms with E-state index in [0.717, 1.165) is 11.0 Å². The topological polar surface area (TPSA) is 29.1 Å². The maximum Gasteiger partial charge on any atom is 0.224 e. The zero-order valence-electron chi connectivity index (χ0n) is 8.78. The summed E-state index contributed by atoms with van der Waals surface area (Å²) in [5, 5.41) is 2.96. The summed E-state index contributed by atoms with van der Waals surface area (Å²) in [6, 6.07) is 0. The first-order valence-electron chi connectivity index (χ1n) is 4.69. The summed E-state index contributed by atoms with van der Waals surface area (Å²) in [5.41, 5.74) is 0.338. The zero-order valence-corrected chi connectivity index (χ0v) is 10.9. The lowest BCUT2D eigenvalue weighted by Crippen LogP contribution is -2.28. The lowest BCUT2D eigenvalue weighted by atomic mass is 10.0. The third-order valence-corrected chi connectivity index (χ3v) is 4.22. The highest BCUT2D eigenvalue weighted by molar-refractivity contribution is 14.1. The lowest BCUT2D eigenvalue weighted by molar-refractivity contribution is -0.123. The Balaban J connectivity index is 2.53. The molecule has 0 aromatic rings. The Labute approximate surface area is 94.0 Å². The van der Waals surface area contributed by atoms with Gasteiger partial charge < -0.3 is 5.32 Å². The molecule has 0 bridgehead atoms. The van der Waals surface area contributed by atoms with E-state index in [1.165, 1.54) is 0 Å². The molecular formula is C10H18INO. The molecule has 0 heterocycles. The molecule has 1 saturated carbocycles. The van der Waals surface area contributed by atoms with Crippen molar-refractivity contribution in [3.8, 4) is 0 Å². The molecule has 1 fully saturated rings. The third kappa shape index (κ3) is 1.72. The molecule has 0 aromatic carbocycles. The van der Waals surface area contributed by atoms with Crippen LogP contribution < -0.4 is 5.32 Å². The summed E-state index contributed by atoms with van der Waals surface area (Å²) in [6.07, 6.45) is 0.